The molecule has 0 aliphatic heterocycles. The van der Waals surface area contributed by atoms with Gasteiger partial charge in [0.25, 0.3) is 0 Å². The van der Waals surface area contributed by atoms with Crippen molar-refractivity contribution in [3.63, 3.8) is 0 Å². The summed E-state index contributed by atoms with van der Waals surface area (Å²) in [6.07, 6.45) is 1.39. The third-order valence-electron chi connectivity index (χ3n) is 1.50. The molecule has 3 heteroatoms. The lowest BCUT2D eigenvalue weighted by Gasteiger charge is -1.90. The third kappa shape index (κ3) is 0.888. The predicted molar refractivity (Wildman–Crippen MR) is 36.1 cm³/mol. The van der Waals surface area contributed by atoms with E-state index in [1.54, 1.807) is 6.07 Å². The van der Waals surface area contributed by atoms with Crippen LogP contribution in [0.15, 0.2) is 28.9 Å². The van der Waals surface area contributed by atoms with E-state index in [1.165, 1.54) is 6.26 Å². The number of furan rings is 1. The fourth-order valence-electron chi connectivity index (χ4n) is 0.957. The third-order valence-corrected chi connectivity index (χ3v) is 1.50. The number of benzene rings is 1. The van der Waals surface area contributed by atoms with E-state index in [1.807, 2.05) is 0 Å². The number of halogens is 2. The highest BCUT2D eigenvalue weighted by Crippen LogP contribution is 2.18. The second-order valence-corrected chi connectivity index (χ2v) is 2.22. The molecule has 56 valence electrons. The van der Waals surface area contributed by atoms with Crippen molar-refractivity contribution in [1.29, 1.82) is 0 Å². The van der Waals surface area contributed by atoms with Crippen molar-refractivity contribution in [2.45, 2.75) is 0 Å². The Labute approximate surface area is 61.2 Å². The Morgan fingerprint density at radius 1 is 1.09 bits per heavy atom. The van der Waals surface area contributed by atoms with Gasteiger partial charge >= 0.3 is 0 Å². The van der Waals surface area contributed by atoms with Crippen LogP contribution in [-0.4, -0.2) is 0 Å². The molecule has 1 aromatic carbocycles. The molecule has 1 heterocycles. The van der Waals surface area contributed by atoms with Gasteiger partial charge in [-0.25, -0.2) is 8.78 Å². The summed E-state index contributed by atoms with van der Waals surface area (Å²) in [5.74, 6) is -1.73. The largest absolute Gasteiger partial charge is 0.464 e. The van der Waals surface area contributed by atoms with E-state index in [-0.39, 0.29) is 0 Å². The van der Waals surface area contributed by atoms with E-state index >= 15 is 0 Å². The van der Waals surface area contributed by atoms with Crippen LogP contribution in [0.4, 0.5) is 8.78 Å². The second kappa shape index (κ2) is 2.05. The van der Waals surface area contributed by atoms with Crippen molar-refractivity contribution in [1.82, 2.24) is 0 Å². The summed E-state index contributed by atoms with van der Waals surface area (Å²) in [5.41, 5.74) is 0.365. The zero-order valence-corrected chi connectivity index (χ0v) is 5.47. The summed E-state index contributed by atoms with van der Waals surface area (Å²) in [5, 5.41) is 0.573. The maximum Gasteiger partial charge on any atom is 0.162 e. The molecule has 0 N–H and O–H groups in total. The summed E-state index contributed by atoms with van der Waals surface area (Å²) < 4.78 is 29.8. The molecule has 0 amide bonds. The van der Waals surface area contributed by atoms with Crippen LogP contribution in [0.25, 0.3) is 11.0 Å². The van der Waals surface area contributed by atoms with Crippen LogP contribution >= 0.6 is 0 Å². The number of rotatable bonds is 0. The molecule has 0 bridgehead atoms. The van der Waals surface area contributed by atoms with Gasteiger partial charge in [0.1, 0.15) is 5.58 Å². The van der Waals surface area contributed by atoms with E-state index in [9.17, 15) is 8.78 Å². The molecule has 2 rings (SSSR count). The Morgan fingerprint density at radius 2 is 1.82 bits per heavy atom. The highest BCUT2D eigenvalue weighted by Gasteiger charge is 2.04. The SMILES string of the molecule is Fc1cc2ccoc2cc1F. The van der Waals surface area contributed by atoms with Crippen molar-refractivity contribution < 1.29 is 13.2 Å². The van der Waals surface area contributed by atoms with Crippen molar-refractivity contribution in [2.75, 3.05) is 0 Å². The summed E-state index contributed by atoms with van der Waals surface area (Å²) in [6.45, 7) is 0. The molecular formula is C8H4F2O. The Hall–Kier alpha value is -1.38. The van der Waals surface area contributed by atoms with Crippen LogP contribution in [0.2, 0.25) is 0 Å². The van der Waals surface area contributed by atoms with Gasteiger partial charge in [0.05, 0.1) is 6.26 Å². The molecule has 0 saturated carbocycles. The molecule has 0 spiro atoms. The van der Waals surface area contributed by atoms with Gasteiger partial charge < -0.3 is 4.42 Å². The molecular weight excluding hydrogens is 150 g/mol. The minimum absolute atomic E-state index is 0.365. The lowest BCUT2D eigenvalue weighted by atomic mass is 10.2. The van der Waals surface area contributed by atoms with Crippen molar-refractivity contribution >= 4 is 11.0 Å². The van der Waals surface area contributed by atoms with Crippen LogP contribution in [-0.2, 0) is 0 Å². The predicted octanol–water partition coefficient (Wildman–Crippen LogP) is 2.71. The highest BCUT2D eigenvalue weighted by atomic mass is 19.2. The van der Waals surface area contributed by atoms with Crippen molar-refractivity contribution in [3.8, 4) is 0 Å². The summed E-state index contributed by atoms with van der Waals surface area (Å²) in [7, 11) is 0. The van der Waals surface area contributed by atoms with Crippen LogP contribution in [0.3, 0.4) is 0 Å². The van der Waals surface area contributed by atoms with E-state index in [2.05, 4.69) is 0 Å². The summed E-state index contributed by atoms with van der Waals surface area (Å²) in [6, 6.07) is 3.72. The average molecular weight is 154 g/mol. The number of hydrogen-bond donors (Lipinski definition) is 0. The standard InChI is InChI=1S/C8H4F2O/c9-6-3-5-1-2-11-8(5)4-7(6)10/h1-4H. The van der Waals surface area contributed by atoms with Gasteiger partial charge in [0, 0.05) is 11.5 Å². The Balaban J connectivity index is 2.86. The van der Waals surface area contributed by atoms with Gasteiger partial charge in [-0.3, -0.25) is 0 Å². The monoisotopic (exact) mass is 154 g/mol. The number of hydrogen-bond acceptors (Lipinski definition) is 1. The average Bonchev–Trinajstić information content (AvgIpc) is 2.36. The first kappa shape index (κ1) is 6.34. The maximum atomic E-state index is 12.5. The van der Waals surface area contributed by atoms with Gasteiger partial charge in [0.15, 0.2) is 11.6 Å². The first-order chi connectivity index (χ1) is 5.27. The Bertz CT molecular complexity index is 356. The van der Waals surface area contributed by atoms with Gasteiger partial charge in [0.2, 0.25) is 0 Å². The first-order valence-corrected chi connectivity index (χ1v) is 3.09. The first-order valence-electron chi connectivity index (χ1n) is 3.09. The topological polar surface area (TPSA) is 13.1 Å². The molecule has 1 aromatic heterocycles. The Kier molecular flexibility index (Phi) is 1.18. The second-order valence-electron chi connectivity index (χ2n) is 2.22. The minimum atomic E-state index is -0.882. The quantitative estimate of drug-likeness (QED) is 0.568. The van der Waals surface area contributed by atoms with Crippen LogP contribution < -0.4 is 0 Å². The smallest absolute Gasteiger partial charge is 0.162 e. The lowest BCUT2D eigenvalue weighted by Crippen LogP contribution is -1.80. The van der Waals surface area contributed by atoms with Crippen molar-refractivity contribution in [3.05, 3.63) is 36.1 Å². The zero-order valence-electron chi connectivity index (χ0n) is 5.47. The van der Waals surface area contributed by atoms with Gasteiger partial charge in [-0.1, -0.05) is 0 Å². The summed E-state index contributed by atoms with van der Waals surface area (Å²) >= 11 is 0. The fraction of sp³-hybridized carbons (Fsp3) is 0. The molecule has 0 atom stereocenters. The number of fused-ring (bicyclic) bond motifs is 1. The molecule has 0 radical (unpaired) electrons. The maximum absolute atomic E-state index is 12.5. The minimum Gasteiger partial charge on any atom is -0.464 e. The fourth-order valence-corrected chi connectivity index (χ4v) is 0.957. The van der Waals surface area contributed by atoms with E-state index in [0.29, 0.717) is 11.0 Å². The lowest BCUT2D eigenvalue weighted by molar-refractivity contribution is 0.507. The van der Waals surface area contributed by atoms with Gasteiger partial charge in [-0.05, 0) is 12.1 Å². The molecule has 0 saturated heterocycles. The molecule has 1 nitrogen and oxygen atoms in total. The Morgan fingerprint density at radius 3 is 2.64 bits per heavy atom. The van der Waals surface area contributed by atoms with Crippen LogP contribution in [0.1, 0.15) is 0 Å². The van der Waals surface area contributed by atoms with E-state index in [4.69, 9.17) is 4.42 Å². The van der Waals surface area contributed by atoms with Gasteiger partial charge in [-0.2, -0.15) is 0 Å². The molecule has 0 fully saturated rings. The van der Waals surface area contributed by atoms with Crippen LogP contribution in [0.5, 0.6) is 0 Å². The summed E-state index contributed by atoms with van der Waals surface area (Å²) in [4.78, 5) is 0. The van der Waals surface area contributed by atoms with E-state index in [0.717, 1.165) is 12.1 Å². The van der Waals surface area contributed by atoms with Crippen LogP contribution in [0, 0.1) is 11.6 Å². The van der Waals surface area contributed by atoms with Gasteiger partial charge in [-0.15, -0.1) is 0 Å². The molecule has 2 aromatic rings. The molecule has 0 unspecified atom stereocenters. The highest BCUT2D eigenvalue weighted by molar-refractivity contribution is 5.76. The molecule has 0 aliphatic rings. The zero-order chi connectivity index (χ0) is 7.84. The molecule has 11 heavy (non-hydrogen) atoms. The molecule has 0 aliphatic carbocycles. The normalized spacial score (nSPS) is 10.7. The van der Waals surface area contributed by atoms with E-state index < -0.39 is 11.6 Å². The van der Waals surface area contributed by atoms with Crippen molar-refractivity contribution in [2.24, 2.45) is 0 Å².